The van der Waals surface area contributed by atoms with Crippen molar-refractivity contribution in [2.24, 2.45) is 0 Å². The molecule has 0 spiro atoms. The standard InChI is InChI=1S/C6H11N.C4H8O/c1-3-5-7-6-4-2;5-4-2-1-3-4/h3-4,7H,1-2,5-6H2;4-5H,1-3H2. The number of hydrogen-bond donors (Lipinski definition) is 2. The maximum absolute atomic E-state index is 8.45. The van der Waals surface area contributed by atoms with Crippen LogP contribution >= 0.6 is 0 Å². The van der Waals surface area contributed by atoms with Crippen LogP contribution < -0.4 is 5.32 Å². The Hall–Kier alpha value is -0.600. The molecule has 1 saturated carbocycles. The summed E-state index contributed by atoms with van der Waals surface area (Å²) in [5.74, 6) is 0. The fourth-order valence-corrected chi connectivity index (χ4v) is 0.674. The largest absolute Gasteiger partial charge is 0.393 e. The molecule has 0 unspecified atom stereocenters. The Kier molecular flexibility index (Phi) is 8.07. The first kappa shape index (κ1) is 11.4. The minimum atomic E-state index is 0.0648. The highest BCUT2D eigenvalue weighted by atomic mass is 16.3. The van der Waals surface area contributed by atoms with Crippen molar-refractivity contribution >= 4 is 0 Å². The van der Waals surface area contributed by atoms with Crippen molar-refractivity contribution in [3.63, 3.8) is 0 Å². The summed E-state index contributed by atoms with van der Waals surface area (Å²) in [6.07, 6.45) is 7.03. The van der Waals surface area contributed by atoms with E-state index in [4.69, 9.17) is 5.11 Å². The fourth-order valence-electron chi connectivity index (χ4n) is 0.674. The highest BCUT2D eigenvalue weighted by molar-refractivity contribution is 4.75. The van der Waals surface area contributed by atoms with Gasteiger partial charge in [0, 0.05) is 13.1 Å². The lowest BCUT2D eigenvalue weighted by Gasteiger charge is -2.17. The maximum Gasteiger partial charge on any atom is 0.0540 e. The van der Waals surface area contributed by atoms with Gasteiger partial charge in [-0.1, -0.05) is 12.2 Å². The van der Waals surface area contributed by atoms with Gasteiger partial charge >= 0.3 is 0 Å². The zero-order chi connectivity index (χ0) is 9.23. The van der Waals surface area contributed by atoms with Gasteiger partial charge in [-0.15, -0.1) is 13.2 Å². The van der Waals surface area contributed by atoms with E-state index in [0.717, 1.165) is 25.9 Å². The molecule has 1 aliphatic rings. The summed E-state index contributed by atoms with van der Waals surface area (Å²) >= 11 is 0. The Bertz CT molecular complexity index is 111. The highest BCUT2D eigenvalue weighted by Gasteiger charge is 2.11. The monoisotopic (exact) mass is 169 g/mol. The molecule has 0 bridgehead atoms. The molecule has 70 valence electrons. The maximum atomic E-state index is 8.45. The topological polar surface area (TPSA) is 32.3 Å². The summed E-state index contributed by atoms with van der Waals surface area (Å²) < 4.78 is 0. The molecule has 12 heavy (non-hydrogen) atoms. The van der Waals surface area contributed by atoms with Gasteiger partial charge in [-0.25, -0.2) is 0 Å². The molecule has 1 fully saturated rings. The minimum Gasteiger partial charge on any atom is -0.393 e. The highest BCUT2D eigenvalue weighted by Crippen LogP contribution is 2.16. The van der Waals surface area contributed by atoms with Crippen LogP contribution in [-0.4, -0.2) is 24.3 Å². The smallest absolute Gasteiger partial charge is 0.0540 e. The van der Waals surface area contributed by atoms with E-state index in [1.807, 2.05) is 12.2 Å². The average molecular weight is 169 g/mol. The summed E-state index contributed by atoms with van der Waals surface area (Å²) in [7, 11) is 0. The zero-order valence-electron chi connectivity index (χ0n) is 7.63. The van der Waals surface area contributed by atoms with Crippen molar-refractivity contribution in [1.82, 2.24) is 5.32 Å². The lowest BCUT2D eigenvalue weighted by atomic mass is 9.97. The van der Waals surface area contributed by atoms with Crippen LogP contribution in [0, 0.1) is 0 Å². The van der Waals surface area contributed by atoms with Crippen molar-refractivity contribution < 1.29 is 5.11 Å². The lowest BCUT2D eigenvalue weighted by Crippen LogP contribution is -2.15. The van der Waals surface area contributed by atoms with Crippen LogP contribution in [0.2, 0.25) is 0 Å². The molecule has 0 atom stereocenters. The molecule has 1 rings (SSSR count). The van der Waals surface area contributed by atoms with Crippen molar-refractivity contribution in [3.05, 3.63) is 25.3 Å². The molecular formula is C10H19NO. The van der Waals surface area contributed by atoms with Crippen molar-refractivity contribution in [1.29, 1.82) is 0 Å². The Balaban J connectivity index is 0.000000211. The van der Waals surface area contributed by atoms with Crippen LogP contribution in [0.1, 0.15) is 19.3 Å². The van der Waals surface area contributed by atoms with E-state index >= 15 is 0 Å². The Morgan fingerprint density at radius 3 is 1.83 bits per heavy atom. The van der Waals surface area contributed by atoms with Gasteiger partial charge < -0.3 is 10.4 Å². The molecule has 2 N–H and O–H groups in total. The molecule has 0 heterocycles. The van der Waals surface area contributed by atoms with Gasteiger partial charge in [-0.05, 0) is 19.3 Å². The fraction of sp³-hybridized carbons (Fsp3) is 0.600. The summed E-state index contributed by atoms with van der Waals surface area (Å²) in [4.78, 5) is 0. The third-order valence-corrected chi connectivity index (χ3v) is 1.65. The van der Waals surface area contributed by atoms with Crippen LogP contribution in [0.4, 0.5) is 0 Å². The van der Waals surface area contributed by atoms with E-state index in [1.54, 1.807) is 0 Å². The van der Waals surface area contributed by atoms with Crippen LogP contribution in [0.3, 0.4) is 0 Å². The van der Waals surface area contributed by atoms with Gasteiger partial charge in [0.1, 0.15) is 0 Å². The first-order valence-corrected chi connectivity index (χ1v) is 4.41. The van der Waals surface area contributed by atoms with Gasteiger partial charge in [0.05, 0.1) is 6.10 Å². The quantitative estimate of drug-likeness (QED) is 0.493. The molecule has 0 aromatic rings. The Labute approximate surface area is 75.0 Å². The van der Waals surface area contributed by atoms with Crippen LogP contribution in [0.5, 0.6) is 0 Å². The second kappa shape index (κ2) is 8.50. The second-order valence-corrected chi connectivity index (χ2v) is 2.82. The summed E-state index contributed by atoms with van der Waals surface area (Å²) in [6.45, 7) is 8.81. The molecule has 0 aliphatic heterocycles. The number of hydrogen-bond acceptors (Lipinski definition) is 2. The average Bonchev–Trinajstić information content (AvgIpc) is 2.03. The van der Waals surface area contributed by atoms with Gasteiger partial charge in [-0.2, -0.15) is 0 Å². The van der Waals surface area contributed by atoms with Gasteiger partial charge in [0.2, 0.25) is 0 Å². The van der Waals surface area contributed by atoms with Gasteiger partial charge in [0.15, 0.2) is 0 Å². The number of rotatable bonds is 4. The number of aliphatic hydroxyl groups is 1. The SMILES string of the molecule is C=CCNCC=C.OC1CCC1. The van der Waals surface area contributed by atoms with E-state index in [9.17, 15) is 0 Å². The molecule has 0 radical (unpaired) electrons. The van der Waals surface area contributed by atoms with E-state index in [0.29, 0.717) is 0 Å². The predicted octanol–water partition coefficient (Wildman–Crippen LogP) is 1.48. The van der Waals surface area contributed by atoms with Crippen molar-refractivity contribution in [2.45, 2.75) is 25.4 Å². The molecule has 2 heteroatoms. The molecule has 2 nitrogen and oxygen atoms in total. The molecule has 0 aromatic carbocycles. The Morgan fingerprint density at radius 2 is 1.67 bits per heavy atom. The van der Waals surface area contributed by atoms with E-state index in [2.05, 4.69) is 18.5 Å². The van der Waals surface area contributed by atoms with E-state index in [-0.39, 0.29) is 6.10 Å². The second-order valence-electron chi connectivity index (χ2n) is 2.82. The number of nitrogens with one attached hydrogen (secondary N) is 1. The van der Waals surface area contributed by atoms with E-state index in [1.165, 1.54) is 6.42 Å². The molecule has 1 aliphatic carbocycles. The normalized spacial score (nSPS) is 15.4. The van der Waals surface area contributed by atoms with Crippen LogP contribution in [0.25, 0.3) is 0 Å². The first-order valence-electron chi connectivity index (χ1n) is 4.41. The number of aliphatic hydroxyl groups excluding tert-OH is 1. The lowest BCUT2D eigenvalue weighted by molar-refractivity contribution is 0.0950. The minimum absolute atomic E-state index is 0.0648. The van der Waals surface area contributed by atoms with Crippen molar-refractivity contribution in [3.8, 4) is 0 Å². The Morgan fingerprint density at radius 1 is 1.25 bits per heavy atom. The summed E-state index contributed by atoms with van der Waals surface area (Å²) in [6, 6.07) is 0. The third kappa shape index (κ3) is 7.51. The molecule has 0 amide bonds. The van der Waals surface area contributed by atoms with Crippen molar-refractivity contribution in [2.75, 3.05) is 13.1 Å². The van der Waals surface area contributed by atoms with Crippen LogP contribution in [0.15, 0.2) is 25.3 Å². The molecular weight excluding hydrogens is 150 g/mol. The first-order chi connectivity index (χ1) is 5.81. The van der Waals surface area contributed by atoms with Gasteiger partial charge in [0.25, 0.3) is 0 Å². The van der Waals surface area contributed by atoms with Gasteiger partial charge in [-0.3, -0.25) is 0 Å². The summed E-state index contributed by atoms with van der Waals surface area (Å²) in [5, 5.41) is 11.5. The zero-order valence-corrected chi connectivity index (χ0v) is 7.63. The third-order valence-electron chi connectivity index (χ3n) is 1.65. The predicted molar refractivity (Wildman–Crippen MR) is 53.1 cm³/mol. The van der Waals surface area contributed by atoms with E-state index < -0.39 is 0 Å². The van der Waals surface area contributed by atoms with Crippen LogP contribution in [-0.2, 0) is 0 Å². The molecule has 0 saturated heterocycles. The molecule has 0 aromatic heterocycles. The summed E-state index contributed by atoms with van der Waals surface area (Å²) in [5.41, 5.74) is 0.